The summed E-state index contributed by atoms with van der Waals surface area (Å²) in [6.45, 7) is 11.3. The molecular formula is C31H50N4O6. The molecule has 1 aliphatic heterocycles. The van der Waals surface area contributed by atoms with Gasteiger partial charge in [0.1, 0.15) is 17.7 Å². The van der Waals surface area contributed by atoms with Gasteiger partial charge in [-0.3, -0.25) is 19.2 Å². The molecule has 0 aromatic rings. The smallest absolute Gasteiger partial charge is 0.408 e. The quantitative estimate of drug-likeness (QED) is 0.359. The highest BCUT2D eigenvalue weighted by molar-refractivity contribution is 6.37. The second kappa shape index (κ2) is 11.6. The van der Waals surface area contributed by atoms with E-state index in [0.29, 0.717) is 31.2 Å². The lowest BCUT2D eigenvalue weighted by atomic mass is 9.80. The highest BCUT2D eigenvalue weighted by Crippen LogP contribution is 2.65. The van der Waals surface area contributed by atoms with E-state index in [0.717, 1.165) is 25.7 Å². The molecule has 4 amide bonds. The molecule has 3 saturated carbocycles. The summed E-state index contributed by atoms with van der Waals surface area (Å²) in [6, 6.07) is -2.73. The van der Waals surface area contributed by atoms with Crippen LogP contribution in [0.3, 0.4) is 0 Å². The Morgan fingerprint density at radius 3 is 2.07 bits per heavy atom. The number of nitrogens with one attached hydrogen (secondary N) is 2. The van der Waals surface area contributed by atoms with Crippen molar-refractivity contribution < 1.29 is 28.7 Å². The average molecular weight is 575 g/mol. The maximum atomic E-state index is 14.2. The van der Waals surface area contributed by atoms with Crippen LogP contribution in [-0.4, -0.2) is 64.8 Å². The lowest BCUT2D eigenvalue weighted by Gasteiger charge is -2.36. The zero-order chi connectivity index (χ0) is 30.3. The van der Waals surface area contributed by atoms with Gasteiger partial charge < -0.3 is 26.0 Å². The third-order valence-corrected chi connectivity index (χ3v) is 9.71. The van der Waals surface area contributed by atoms with Crippen LogP contribution in [0.4, 0.5) is 4.79 Å². The first-order chi connectivity index (χ1) is 19.0. The fraction of sp³-hybridized carbons (Fsp3) is 0.839. The molecule has 4 fully saturated rings. The number of nitrogens with zero attached hydrogens (tertiary/aromatic N) is 1. The van der Waals surface area contributed by atoms with Crippen LogP contribution in [0, 0.1) is 28.6 Å². The Labute approximate surface area is 244 Å². The summed E-state index contributed by atoms with van der Waals surface area (Å²) < 4.78 is 5.46. The van der Waals surface area contributed by atoms with Crippen molar-refractivity contribution in [3.8, 4) is 0 Å². The van der Waals surface area contributed by atoms with Crippen LogP contribution in [0.25, 0.3) is 0 Å². The average Bonchev–Trinajstić information content (AvgIpc) is 3.16. The van der Waals surface area contributed by atoms with E-state index < -0.39 is 52.8 Å². The number of nitrogens with two attached hydrogens (primary N) is 1. The van der Waals surface area contributed by atoms with Gasteiger partial charge in [0.25, 0.3) is 5.91 Å². The Balaban J connectivity index is 1.58. The van der Waals surface area contributed by atoms with Crippen LogP contribution in [-0.2, 0) is 23.9 Å². The van der Waals surface area contributed by atoms with Gasteiger partial charge >= 0.3 is 6.09 Å². The molecule has 5 atom stereocenters. The predicted octanol–water partition coefficient (Wildman–Crippen LogP) is 3.45. The van der Waals surface area contributed by atoms with Crippen LogP contribution >= 0.6 is 0 Å². The number of alkyl carbamates (subject to hydrolysis) is 1. The lowest BCUT2D eigenvalue weighted by Crippen LogP contribution is -2.59. The molecule has 0 bridgehead atoms. The van der Waals surface area contributed by atoms with Crippen molar-refractivity contribution >= 4 is 29.6 Å². The highest BCUT2D eigenvalue weighted by Gasteiger charge is 2.64. The molecule has 4 N–H and O–H groups in total. The number of carbonyl (C=O) groups is 5. The number of carbonyl (C=O) groups excluding carboxylic acids is 5. The van der Waals surface area contributed by atoms with Gasteiger partial charge in [0, 0.05) is 6.54 Å². The topological polar surface area (TPSA) is 148 Å². The van der Waals surface area contributed by atoms with Crippen molar-refractivity contribution in [2.45, 2.75) is 129 Å². The molecule has 0 radical (unpaired) electrons. The van der Waals surface area contributed by atoms with Crippen molar-refractivity contribution in [2.24, 2.45) is 34.3 Å². The minimum atomic E-state index is -1.07. The molecule has 4 aliphatic rings. The number of ether oxygens (including phenoxy) is 1. The zero-order valence-electron chi connectivity index (χ0n) is 25.7. The van der Waals surface area contributed by atoms with E-state index in [2.05, 4.69) is 10.6 Å². The first-order valence-electron chi connectivity index (χ1n) is 15.4. The van der Waals surface area contributed by atoms with E-state index in [1.807, 2.05) is 20.8 Å². The van der Waals surface area contributed by atoms with E-state index in [-0.39, 0.29) is 17.2 Å². The fourth-order valence-electron chi connectivity index (χ4n) is 7.27. The summed E-state index contributed by atoms with van der Waals surface area (Å²) in [7, 11) is 0. The summed E-state index contributed by atoms with van der Waals surface area (Å²) in [5.41, 5.74) is 3.80. The van der Waals surface area contributed by atoms with Gasteiger partial charge in [0.2, 0.25) is 17.6 Å². The Bertz CT molecular complexity index is 1050. The van der Waals surface area contributed by atoms with Crippen molar-refractivity contribution in [3.63, 3.8) is 0 Å². The molecule has 1 spiro atoms. The zero-order valence-corrected chi connectivity index (χ0v) is 25.7. The standard InChI is InChI=1S/C31H50N4O6/c1-29(2,3)24(34-28(40)41-30(4,5)6)27(39)35-17-31(15-20(31)19-12-7-8-13-19)16-22(35)26(38)33-21(23(36)25(32)37)14-18-10-9-11-18/h18-22,24H,7-17H2,1-6H3,(H2,32,37)(H,33,38)(H,34,40). The number of rotatable bonds is 9. The third-order valence-electron chi connectivity index (χ3n) is 9.71. The monoisotopic (exact) mass is 574 g/mol. The minimum absolute atomic E-state index is 0.141. The summed E-state index contributed by atoms with van der Waals surface area (Å²) in [5.74, 6) is -1.31. The van der Waals surface area contributed by atoms with Gasteiger partial charge in [0.05, 0.1) is 6.04 Å². The van der Waals surface area contributed by atoms with Crippen molar-refractivity contribution in [2.75, 3.05) is 6.54 Å². The molecule has 1 heterocycles. The van der Waals surface area contributed by atoms with Crippen molar-refractivity contribution in [1.82, 2.24) is 15.5 Å². The van der Waals surface area contributed by atoms with Crippen LogP contribution in [0.15, 0.2) is 0 Å². The maximum absolute atomic E-state index is 14.2. The molecule has 3 aliphatic carbocycles. The number of Topliss-reactive ketones (excluding diaryl/α,β-unsaturated/α-hetero) is 1. The van der Waals surface area contributed by atoms with E-state index in [1.165, 1.54) is 25.7 Å². The fourth-order valence-corrected chi connectivity index (χ4v) is 7.27. The maximum Gasteiger partial charge on any atom is 0.408 e. The van der Waals surface area contributed by atoms with E-state index >= 15 is 0 Å². The first-order valence-corrected chi connectivity index (χ1v) is 15.4. The van der Waals surface area contributed by atoms with Gasteiger partial charge in [-0.2, -0.15) is 0 Å². The number of hydrogen-bond acceptors (Lipinski definition) is 6. The second-order valence-corrected chi connectivity index (χ2v) is 15.2. The highest BCUT2D eigenvalue weighted by atomic mass is 16.6. The van der Waals surface area contributed by atoms with Gasteiger partial charge in [0.15, 0.2) is 0 Å². The molecule has 1 saturated heterocycles. The van der Waals surface area contributed by atoms with E-state index in [1.54, 1.807) is 25.7 Å². The summed E-state index contributed by atoms with van der Waals surface area (Å²) in [6.07, 6.45) is 8.90. The number of primary amides is 1. The third kappa shape index (κ3) is 7.23. The normalized spacial score (nSPS) is 28.1. The Kier molecular flexibility index (Phi) is 8.82. The molecule has 10 heteroatoms. The minimum Gasteiger partial charge on any atom is -0.444 e. The number of hydrogen-bond donors (Lipinski definition) is 3. The second-order valence-electron chi connectivity index (χ2n) is 15.2. The molecule has 5 unspecified atom stereocenters. The Morgan fingerprint density at radius 2 is 1.56 bits per heavy atom. The summed E-state index contributed by atoms with van der Waals surface area (Å²) in [5, 5.41) is 5.61. The van der Waals surface area contributed by atoms with Crippen molar-refractivity contribution in [1.29, 1.82) is 0 Å². The van der Waals surface area contributed by atoms with Gasteiger partial charge in [-0.15, -0.1) is 0 Å². The van der Waals surface area contributed by atoms with Gasteiger partial charge in [-0.05, 0) is 68.6 Å². The van der Waals surface area contributed by atoms with Crippen LogP contribution in [0.5, 0.6) is 0 Å². The van der Waals surface area contributed by atoms with Crippen LogP contribution in [0.1, 0.15) is 106 Å². The molecule has 0 aromatic heterocycles. The SMILES string of the molecule is CC(C)(C)OC(=O)NC(C(=O)N1CC2(CC1C(=O)NC(CC1CCC1)C(=O)C(N)=O)CC2C1CCCC1)C(C)(C)C. The molecule has 4 rings (SSSR count). The van der Waals surface area contributed by atoms with Crippen LogP contribution < -0.4 is 16.4 Å². The number of likely N-dealkylation sites (tertiary alicyclic amines) is 1. The van der Waals surface area contributed by atoms with Gasteiger partial charge in [-0.1, -0.05) is 65.7 Å². The van der Waals surface area contributed by atoms with Crippen LogP contribution in [0.2, 0.25) is 0 Å². The molecule has 0 aromatic carbocycles. The predicted molar refractivity (Wildman–Crippen MR) is 153 cm³/mol. The molecular weight excluding hydrogens is 524 g/mol. The lowest BCUT2D eigenvalue weighted by molar-refractivity contribution is -0.143. The Morgan fingerprint density at radius 1 is 0.927 bits per heavy atom. The van der Waals surface area contributed by atoms with Crippen molar-refractivity contribution in [3.05, 3.63) is 0 Å². The molecule has 41 heavy (non-hydrogen) atoms. The molecule has 10 nitrogen and oxygen atoms in total. The first kappa shape index (κ1) is 31.3. The number of amides is 4. The largest absolute Gasteiger partial charge is 0.444 e. The number of ketones is 1. The Hall–Kier alpha value is -2.65. The summed E-state index contributed by atoms with van der Waals surface area (Å²) >= 11 is 0. The summed E-state index contributed by atoms with van der Waals surface area (Å²) in [4.78, 5) is 67.0. The van der Waals surface area contributed by atoms with Gasteiger partial charge in [-0.25, -0.2) is 4.79 Å². The van der Waals surface area contributed by atoms with E-state index in [9.17, 15) is 24.0 Å². The van der Waals surface area contributed by atoms with E-state index in [4.69, 9.17) is 10.5 Å². The molecule has 230 valence electrons.